The Hall–Kier alpha value is -1.48. The van der Waals surface area contributed by atoms with E-state index in [2.05, 4.69) is 5.32 Å². The van der Waals surface area contributed by atoms with Crippen molar-refractivity contribution in [3.63, 3.8) is 0 Å². The Morgan fingerprint density at radius 3 is 2.28 bits per heavy atom. The number of anilines is 1. The Bertz CT molecular complexity index is 781. The summed E-state index contributed by atoms with van der Waals surface area (Å²) in [4.78, 5) is 13.9. The van der Waals surface area contributed by atoms with Crippen LogP contribution in [0.4, 0.5) is 5.69 Å². The standard InChI is InChI=1S/C21H33N3O4S/c1-16-13-24(14-17(2)28-16)15-21(25)22-18-9-11-20(12-10-18)29(26,27)23(3)19-7-5-4-6-8-19/h9-12,16-17,19H,4-8,13-15H2,1-3H3,(H,22,25)/p+1/t16-,17-/m0/s1. The van der Waals surface area contributed by atoms with E-state index in [4.69, 9.17) is 4.74 Å². The molecule has 29 heavy (non-hydrogen) atoms. The van der Waals surface area contributed by atoms with Crippen LogP contribution in [0.15, 0.2) is 29.2 Å². The summed E-state index contributed by atoms with van der Waals surface area (Å²) in [7, 11) is -1.84. The molecule has 1 aromatic carbocycles. The number of nitrogens with zero attached hydrogens (tertiary/aromatic N) is 1. The van der Waals surface area contributed by atoms with E-state index in [0.29, 0.717) is 12.2 Å². The highest BCUT2D eigenvalue weighted by atomic mass is 32.2. The molecule has 0 spiro atoms. The van der Waals surface area contributed by atoms with Crippen molar-refractivity contribution in [3.8, 4) is 0 Å². The molecule has 2 aliphatic rings. The van der Waals surface area contributed by atoms with Crippen molar-refractivity contribution in [2.45, 2.75) is 69.1 Å². The first-order chi connectivity index (χ1) is 13.8. The molecule has 1 heterocycles. The number of morpholine rings is 1. The van der Waals surface area contributed by atoms with Gasteiger partial charge < -0.3 is 15.0 Å². The Labute approximate surface area is 174 Å². The van der Waals surface area contributed by atoms with Crippen LogP contribution in [0.1, 0.15) is 46.0 Å². The molecule has 162 valence electrons. The lowest BCUT2D eigenvalue weighted by molar-refractivity contribution is -0.907. The predicted octanol–water partition coefficient (Wildman–Crippen LogP) is 1.27. The first-order valence-electron chi connectivity index (χ1n) is 10.6. The number of carbonyl (C=O) groups excluding carboxylic acids is 1. The van der Waals surface area contributed by atoms with Gasteiger partial charge in [-0.2, -0.15) is 4.31 Å². The zero-order valence-corrected chi connectivity index (χ0v) is 18.5. The second kappa shape index (κ2) is 9.55. The number of quaternary nitrogens is 1. The van der Waals surface area contributed by atoms with Gasteiger partial charge in [-0.15, -0.1) is 0 Å². The normalized spacial score (nSPS) is 26.4. The Balaban J connectivity index is 1.58. The highest BCUT2D eigenvalue weighted by Crippen LogP contribution is 2.26. The Kier molecular flexibility index (Phi) is 7.32. The van der Waals surface area contributed by atoms with Gasteiger partial charge in [-0.05, 0) is 51.0 Å². The fraction of sp³-hybridized carbons (Fsp3) is 0.667. The average Bonchev–Trinajstić information content (AvgIpc) is 2.67. The van der Waals surface area contributed by atoms with Gasteiger partial charge in [0.2, 0.25) is 10.0 Å². The summed E-state index contributed by atoms with van der Waals surface area (Å²) in [6, 6.07) is 6.57. The molecule has 2 N–H and O–H groups in total. The number of nitrogens with one attached hydrogen (secondary N) is 2. The fourth-order valence-electron chi connectivity index (χ4n) is 4.48. The molecule has 7 nitrogen and oxygen atoms in total. The average molecular weight is 425 g/mol. The van der Waals surface area contributed by atoms with Gasteiger partial charge in [0.05, 0.1) is 4.90 Å². The zero-order chi connectivity index (χ0) is 21.0. The molecule has 3 rings (SSSR count). The van der Waals surface area contributed by atoms with Gasteiger partial charge in [0.15, 0.2) is 6.54 Å². The van der Waals surface area contributed by atoms with E-state index < -0.39 is 10.0 Å². The van der Waals surface area contributed by atoms with Gasteiger partial charge in [0.25, 0.3) is 5.91 Å². The number of ether oxygens (including phenoxy) is 1. The molecular weight excluding hydrogens is 390 g/mol. The van der Waals surface area contributed by atoms with Crippen LogP contribution in [-0.4, -0.2) is 63.6 Å². The van der Waals surface area contributed by atoms with Crippen LogP contribution in [0.25, 0.3) is 0 Å². The second-order valence-corrected chi connectivity index (χ2v) is 10.5. The lowest BCUT2D eigenvalue weighted by atomic mass is 9.96. The zero-order valence-electron chi connectivity index (χ0n) is 17.7. The van der Waals surface area contributed by atoms with Gasteiger partial charge in [-0.1, -0.05) is 19.3 Å². The maximum atomic E-state index is 12.9. The summed E-state index contributed by atoms with van der Waals surface area (Å²) in [5, 5.41) is 2.88. The number of amides is 1. The largest absolute Gasteiger partial charge is 0.364 e. The van der Waals surface area contributed by atoms with Gasteiger partial charge >= 0.3 is 0 Å². The fourth-order valence-corrected chi connectivity index (χ4v) is 5.90. The Morgan fingerprint density at radius 2 is 1.69 bits per heavy atom. The summed E-state index contributed by atoms with van der Waals surface area (Å²) in [5.74, 6) is -0.0729. The molecule has 1 saturated heterocycles. The van der Waals surface area contributed by atoms with Crippen LogP contribution in [-0.2, 0) is 19.6 Å². The third kappa shape index (κ3) is 5.78. The monoisotopic (exact) mass is 424 g/mol. The number of rotatable bonds is 6. The molecular formula is C21H34N3O4S+. The topological polar surface area (TPSA) is 80.2 Å². The highest BCUT2D eigenvalue weighted by Gasteiger charge is 2.29. The van der Waals surface area contributed by atoms with Crippen molar-refractivity contribution in [3.05, 3.63) is 24.3 Å². The lowest BCUT2D eigenvalue weighted by Gasteiger charge is -2.31. The van der Waals surface area contributed by atoms with Gasteiger partial charge in [-0.25, -0.2) is 8.42 Å². The number of sulfonamides is 1. The van der Waals surface area contributed by atoms with Gasteiger partial charge in [-0.3, -0.25) is 4.79 Å². The minimum absolute atomic E-state index is 0.0729. The van der Waals surface area contributed by atoms with E-state index in [-0.39, 0.29) is 29.1 Å². The number of benzene rings is 1. The predicted molar refractivity (Wildman–Crippen MR) is 112 cm³/mol. The quantitative estimate of drug-likeness (QED) is 0.721. The van der Waals surface area contributed by atoms with Crippen LogP contribution in [0, 0.1) is 0 Å². The molecule has 1 aliphatic carbocycles. The van der Waals surface area contributed by atoms with Crippen molar-refractivity contribution in [1.29, 1.82) is 0 Å². The summed E-state index contributed by atoms with van der Waals surface area (Å²) in [6.45, 7) is 6.04. The van der Waals surface area contributed by atoms with E-state index in [1.165, 1.54) is 15.6 Å². The SMILES string of the molecule is C[C@H]1C[NH+](CC(=O)Nc2ccc(S(=O)(=O)N(C)C3CCCCC3)cc2)C[C@H](C)O1. The van der Waals surface area contributed by atoms with Crippen LogP contribution in [0.2, 0.25) is 0 Å². The minimum atomic E-state index is -3.52. The van der Waals surface area contributed by atoms with Crippen molar-refractivity contribution in [2.75, 3.05) is 32.0 Å². The summed E-state index contributed by atoms with van der Waals surface area (Å²) < 4.78 is 33.1. The van der Waals surface area contributed by atoms with E-state index in [0.717, 1.165) is 38.8 Å². The molecule has 1 aliphatic heterocycles. The van der Waals surface area contributed by atoms with Crippen LogP contribution >= 0.6 is 0 Å². The van der Waals surface area contributed by atoms with E-state index in [9.17, 15) is 13.2 Å². The van der Waals surface area contributed by atoms with Gasteiger partial charge in [0, 0.05) is 18.8 Å². The minimum Gasteiger partial charge on any atom is -0.364 e. The summed E-state index contributed by atoms with van der Waals surface area (Å²) in [5.41, 5.74) is 0.614. The lowest BCUT2D eigenvalue weighted by Crippen LogP contribution is -3.16. The third-order valence-corrected chi connectivity index (χ3v) is 7.86. The summed E-state index contributed by atoms with van der Waals surface area (Å²) >= 11 is 0. The molecule has 2 atom stereocenters. The molecule has 1 aromatic rings. The number of hydrogen-bond donors (Lipinski definition) is 2. The van der Waals surface area contributed by atoms with E-state index in [1.54, 1.807) is 31.3 Å². The van der Waals surface area contributed by atoms with Crippen molar-refractivity contribution >= 4 is 21.6 Å². The second-order valence-electron chi connectivity index (χ2n) is 8.48. The van der Waals surface area contributed by atoms with Crippen molar-refractivity contribution in [1.82, 2.24) is 4.31 Å². The number of carbonyl (C=O) groups is 1. The molecule has 0 bridgehead atoms. The summed E-state index contributed by atoms with van der Waals surface area (Å²) in [6.07, 6.45) is 5.48. The molecule has 0 unspecified atom stereocenters. The van der Waals surface area contributed by atoms with Crippen molar-refractivity contribution in [2.24, 2.45) is 0 Å². The van der Waals surface area contributed by atoms with Gasteiger partial charge in [0.1, 0.15) is 25.3 Å². The van der Waals surface area contributed by atoms with E-state index in [1.807, 2.05) is 13.8 Å². The third-order valence-electron chi connectivity index (χ3n) is 5.93. The highest BCUT2D eigenvalue weighted by molar-refractivity contribution is 7.89. The maximum Gasteiger partial charge on any atom is 0.279 e. The number of hydrogen-bond acceptors (Lipinski definition) is 4. The van der Waals surface area contributed by atoms with Crippen LogP contribution in [0.5, 0.6) is 0 Å². The van der Waals surface area contributed by atoms with Crippen LogP contribution in [0.3, 0.4) is 0 Å². The molecule has 1 saturated carbocycles. The Morgan fingerprint density at radius 1 is 1.10 bits per heavy atom. The van der Waals surface area contributed by atoms with Crippen LogP contribution < -0.4 is 10.2 Å². The van der Waals surface area contributed by atoms with Crippen molar-refractivity contribution < 1.29 is 22.8 Å². The first kappa shape index (κ1) is 22.2. The molecule has 1 amide bonds. The molecule has 0 radical (unpaired) electrons. The first-order valence-corrected chi connectivity index (χ1v) is 12.1. The molecule has 8 heteroatoms. The van der Waals surface area contributed by atoms with E-state index >= 15 is 0 Å². The maximum absolute atomic E-state index is 12.9. The smallest absolute Gasteiger partial charge is 0.279 e. The molecule has 2 fully saturated rings. The molecule has 0 aromatic heterocycles.